The zero-order valence-corrected chi connectivity index (χ0v) is 9.93. The van der Waals surface area contributed by atoms with Crippen LogP contribution in [0.3, 0.4) is 0 Å². The van der Waals surface area contributed by atoms with Crippen molar-refractivity contribution in [1.29, 1.82) is 0 Å². The molecule has 1 aromatic heterocycles. The van der Waals surface area contributed by atoms with Gasteiger partial charge in [-0.2, -0.15) is 4.98 Å². The standard InChI is InChI=1S/C13H14N2O2/c1-9-3-5-11(6-4-9)8-13-14-12(15-17-13)7-10(2)16/h3-6H,7-8H2,1-2H3. The summed E-state index contributed by atoms with van der Waals surface area (Å²) >= 11 is 0. The molecule has 0 radical (unpaired) electrons. The zero-order valence-electron chi connectivity index (χ0n) is 9.93. The Bertz CT molecular complexity index is 514. The van der Waals surface area contributed by atoms with Crippen LogP contribution in [0, 0.1) is 6.92 Å². The average molecular weight is 230 g/mol. The van der Waals surface area contributed by atoms with Crippen LogP contribution in [0.5, 0.6) is 0 Å². The van der Waals surface area contributed by atoms with Gasteiger partial charge in [-0.1, -0.05) is 35.0 Å². The monoisotopic (exact) mass is 230 g/mol. The molecule has 0 spiro atoms. The Hall–Kier alpha value is -1.97. The topological polar surface area (TPSA) is 56.0 Å². The van der Waals surface area contributed by atoms with Crippen molar-refractivity contribution in [3.63, 3.8) is 0 Å². The summed E-state index contributed by atoms with van der Waals surface area (Å²) in [7, 11) is 0. The smallest absolute Gasteiger partial charge is 0.231 e. The third-order valence-corrected chi connectivity index (χ3v) is 2.39. The highest BCUT2D eigenvalue weighted by atomic mass is 16.5. The minimum Gasteiger partial charge on any atom is -0.339 e. The van der Waals surface area contributed by atoms with Crippen LogP contribution in [0.15, 0.2) is 28.8 Å². The number of nitrogens with zero attached hydrogens (tertiary/aromatic N) is 2. The molecule has 0 fully saturated rings. The summed E-state index contributed by atoms with van der Waals surface area (Å²) < 4.78 is 5.09. The molecule has 0 aliphatic carbocycles. The molecule has 2 aromatic rings. The highest BCUT2D eigenvalue weighted by molar-refractivity contribution is 5.77. The summed E-state index contributed by atoms with van der Waals surface area (Å²) in [6, 6.07) is 8.15. The zero-order chi connectivity index (χ0) is 12.3. The highest BCUT2D eigenvalue weighted by Gasteiger charge is 2.08. The maximum Gasteiger partial charge on any atom is 0.231 e. The summed E-state index contributed by atoms with van der Waals surface area (Å²) in [6.07, 6.45) is 0.836. The Kier molecular flexibility index (Phi) is 3.32. The number of ketones is 1. The van der Waals surface area contributed by atoms with Crippen LogP contribution in [0.25, 0.3) is 0 Å². The van der Waals surface area contributed by atoms with Crippen LogP contribution in [0.4, 0.5) is 0 Å². The minimum atomic E-state index is 0.0349. The Morgan fingerprint density at radius 3 is 2.65 bits per heavy atom. The number of carbonyl (C=O) groups excluding carboxylic acids is 1. The molecule has 0 saturated carbocycles. The minimum absolute atomic E-state index is 0.0349. The van der Waals surface area contributed by atoms with Crippen LogP contribution in [-0.2, 0) is 17.6 Å². The second-order valence-corrected chi connectivity index (χ2v) is 4.15. The van der Waals surface area contributed by atoms with Gasteiger partial charge >= 0.3 is 0 Å². The SMILES string of the molecule is CC(=O)Cc1noc(Cc2ccc(C)cc2)n1. The number of Topliss-reactive ketones (excluding diaryl/α,β-unsaturated/α-hetero) is 1. The molecule has 4 nitrogen and oxygen atoms in total. The van der Waals surface area contributed by atoms with Crippen molar-refractivity contribution in [2.24, 2.45) is 0 Å². The molecule has 0 N–H and O–H groups in total. The van der Waals surface area contributed by atoms with E-state index in [1.165, 1.54) is 12.5 Å². The van der Waals surface area contributed by atoms with E-state index < -0.39 is 0 Å². The van der Waals surface area contributed by atoms with Gasteiger partial charge in [0.15, 0.2) is 5.82 Å². The molecular formula is C13H14N2O2. The van der Waals surface area contributed by atoms with E-state index in [0.717, 1.165) is 5.56 Å². The first kappa shape index (κ1) is 11.5. The quantitative estimate of drug-likeness (QED) is 0.807. The number of aryl methyl sites for hydroxylation is 1. The second-order valence-electron chi connectivity index (χ2n) is 4.15. The molecule has 4 heteroatoms. The van der Waals surface area contributed by atoms with Gasteiger partial charge in [-0.05, 0) is 19.4 Å². The van der Waals surface area contributed by atoms with Gasteiger partial charge < -0.3 is 4.52 Å². The fourth-order valence-electron chi connectivity index (χ4n) is 1.54. The van der Waals surface area contributed by atoms with E-state index in [4.69, 9.17) is 4.52 Å². The molecule has 0 bridgehead atoms. The van der Waals surface area contributed by atoms with E-state index in [2.05, 4.69) is 10.1 Å². The molecule has 0 unspecified atom stereocenters. The van der Waals surface area contributed by atoms with Crippen molar-refractivity contribution < 1.29 is 9.32 Å². The van der Waals surface area contributed by atoms with E-state index >= 15 is 0 Å². The molecule has 0 aliphatic rings. The molecule has 88 valence electrons. The van der Waals surface area contributed by atoms with Gasteiger partial charge in [0.05, 0.1) is 12.8 Å². The summed E-state index contributed by atoms with van der Waals surface area (Å²) in [5, 5.41) is 3.76. The third kappa shape index (κ3) is 3.24. The summed E-state index contributed by atoms with van der Waals surface area (Å²) in [6.45, 7) is 3.55. The van der Waals surface area contributed by atoms with Gasteiger partial charge in [0, 0.05) is 0 Å². The predicted molar refractivity (Wildman–Crippen MR) is 62.7 cm³/mol. The van der Waals surface area contributed by atoms with Gasteiger partial charge in [0.25, 0.3) is 0 Å². The maximum atomic E-state index is 10.9. The number of aromatic nitrogens is 2. The number of carbonyl (C=O) groups is 1. The van der Waals surface area contributed by atoms with Crippen molar-refractivity contribution in [2.75, 3.05) is 0 Å². The summed E-state index contributed by atoms with van der Waals surface area (Å²) in [4.78, 5) is 15.1. The van der Waals surface area contributed by atoms with Crippen molar-refractivity contribution in [2.45, 2.75) is 26.7 Å². The first-order valence-electron chi connectivity index (χ1n) is 5.50. The van der Waals surface area contributed by atoms with E-state index in [1.807, 2.05) is 31.2 Å². The van der Waals surface area contributed by atoms with Gasteiger partial charge in [0.2, 0.25) is 5.89 Å². The lowest BCUT2D eigenvalue weighted by molar-refractivity contribution is -0.116. The molecule has 0 atom stereocenters. The normalized spacial score (nSPS) is 10.5. The van der Waals surface area contributed by atoms with Crippen LogP contribution in [-0.4, -0.2) is 15.9 Å². The van der Waals surface area contributed by atoms with Gasteiger partial charge in [-0.25, -0.2) is 0 Å². The number of hydrogen-bond donors (Lipinski definition) is 0. The fraction of sp³-hybridized carbons (Fsp3) is 0.308. The van der Waals surface area contributed by atoms with Crippen molar-refractivity contribution in [1.82, 2.24) is 10.1 Å². The number of hydrogen-bond acceptors (Lipinski definition) is 4. The average Bonchev–Trinajstić information content (AvgIpc) is 2.68. The van der Waals surface area contributed by atoms with Crippen molar-refractivity contribution in [3.05, 3.63) is 47.1 Å². The molecule has 1 aromatic carbocycles. The van der Waals surface area contributed by atoms with Gasteiger partial charge in [0.1, 0.15) is 5.78 Å². The second kappa shape index (κ2) is 4.91. The van der Waals surface area contributed by atoms with Crippen molar-refractivity contribution in [3.8, 4) is 0 Å². The molecule has 0 saturated heterocycles. The molecule has 17 heavy (non-hydrogen) atoms. The Morgan fingerprint density at radius 1 is 1.29 bits per heavy atom. The highest BCUT2D eigenvalue weighted by Crippen LogP contribution is 2.09. The molecule has 0 aliphatic heterocycles. The van der Waals surface area contributed by atoms with Crippen LogP contribution in [0.1, 0.15) is 29.8 Å². The largest absolute Gasteiger partial charge is 0.339 e. The summed E-state index contributed by atoms with van der Waals surface area (Å²) in [5.41, 5.74) is 2.34. The van der Waals surface area contributed by atoms with E-state index in [1.54, 1.807) is 0 Å². The van der Waals surface area contributed by atoms with Crippen LogP contribution >= 0.6 is 0 Å². The Labute approximate surface area is 99.7 Å². The number of rotatable bonds is 4. The third-order valence-electron chi connectivity index (χ3n) is 2.39. The Balaban J connectivity index is 2.06. The van der Waals surface area contributed by atoms with Gasteiger partial charge in [-0.15, -0.1) is 0 Å². The predicted octanol–water partition coefficient (Wildman–Crippen LogP) is 2.10. The summed E-state index contributed by atoms with van der Waals surface area (Å²) in [5.74, 6) is 1.04. The molecule has 2 rings (SSSR count). The number of benzene rings is 1. The van der Waals surface area contributed by atoms with E-state index in [0.29, 0.717) is 18.1 Å². The molecule has 0 amide bonds. The Morgan fingerprint density at radius 2 is 2.00 bits per heavy atom. The lowest BCUT2D eigenvalue weighted by atomic mass is 10.1. The molecule has 1 heterocycles. The lowest BCUT2D eigenvalue weighted by Gasteiger charge is -1.96. The van der Waals surface area contributed by atoms with E-state index in [-0.39, 0.29) is 12.2 Å². The van der Waals surface area contributed by atoms with Crippen molar-refractivity contribution >= 4 is 5.78 Å². The fourth-order valence-corrected chi connectivity index (χ4v) is 1.54. The van der Waals surface area contributed by atoms with Crippen LogP contribution < -0.4 is 0 Å². The lowest BCUT2D eigenvalue weighted by Crippen LogP contribution is -1.98. The molecular weight excluding hydrogens is 216 g/mol. The first-order valence-corrected chi connectivity index (χ1v) is 5.50. The maximum absolute atomic E-state index is 10.9. The van der Waals surface area contributed by atoms with Crippen LogP contribution in [0.2, 0.25) is 0 Å². The van der Waals surface area contributed by atoms with Gasteiger partial charge in [-0.3, -0.25) is 4.79 Å². The van der Waals surface area contributed by atoms with E-state index in [9.17, 15) is 4.79 Å². The first-order chi connectivity index (χ1) is 8.13.